The molecule has 1 aromatic rings. The van der Waals surface area contributed by atoms with Crippen molar-refractivity contribution in [2.75, 3.05) is 6.54 Å². The summed E-state index contributed by atoms with van der Waals surface area (Å²) in [5.74, 6) is -0.0875. The Morgan fingerprint density at radius 3 is 2.74 bits per heavy atom. The number of ketones is 1. The molecule has 1 aliphatic rings. The molecule has 0 bridgehead atoms. The molecule has 1 aliphatic heterocycles. The predicted molar refractivity (Wildman–Crippen MR) is 87.8 cm³/mol. The lowest BCUT2D eigenvalue weighted by atomic mass is 10.0. The van der Waals surface area contributed by atoms with Gasteiger partial charge in [-0.2, -0.15) is 0 Å². The predicted octanol–water partition coefficient (Wildman–Crippen LogP) is 3.56. The lowest BCUT2D eigenvalue weighted by molar-refractivity contribution is -0.122. The van der Waals surface area contributed by atoms with Gasteiger partial charge in [-0.3, -0.25) is 9.69 Å². The minimum atomic E-state index is -0.599. The average molecular weight is 340 g/mol. The van der Waals surface area contributed by atoms with Crippen molar-refractivity contribution in [3.8, 4) is 5.75 Å². The highest BCUT2D eigenvalue weighted by molar-refractivity contribution is 6.30. The summed E-state index contributed by atoms with van der Waals surface area (Å²) >= 11 is 5.90. The molecular formula is C17H22ClNO4. The molecule has 1 fully saturated rings. The number of phenolic OH excluding ortho intramolecular Hbond substituents is 1. The lowest BCUT2D eigenvalue weighted by Gasteiger charge is -2.28. The largest absolute Gasteiger partial charge is 0.508 e. The van der Waals surface area contributed by atoms with Gasteiger partial charge < -0.3 is 9.84 Å². The second-order valence-electron chi connectivity index (χ2n) is 6.75. The number of carbonyl (C=O) groups is 2. The number of nitrogens with zero attached hydrogens (tertiary/aromatic N) is 1. The smallest absolute Gasteiger partial charge is 0.410 e. The first-order chi connectivity index (χ1) is 10.7. The summed E-state index contributed by atoms with van der Waals surface area (Å²) in [6, 6.07) is 4.09. The van der Waals surface area contributed by atoms with E-state index in [2.05, 4.69) is 0 Å². The Labute approximate surface area is 141 Å². The topological polar surface area (TPSA) is 66.8 Å². The van der Waals surface area contributed by atoms with Gasteiger partial charge in [-0.15, -0.1) is 0 Å². The van der Waals surface area contributed by atoms with Gasteiger partial charge >= 0.3 is 6.09 Å². The Bertz CT molecular complexity index is 609. The fourth-order valence-electron chi connectivity index (χ4n) is 2.64. The summed E-state index contributed by atoms with van der Waals surface area (Å²) < 4.78 is 5.36. The van der Waals surface area contributed by atoms with Gasteiger partial charge in [0.25, 0.3) is 0 Å². The summed E-state index contributed by atoms with van der Waals surface area (Å²) in [4.78, 5) is 26.3. The first kappa shape index (κ1) is 17.6. The highest BCUT2D eigenvalue weighted by Gasteiger charge is 2.36. The number of phenols is 1. The number of rotatable bonds is 3. The molecule has 0 saturated carbocycles. The summed E-state index contributed by atoms with van der Waals surface area (Å²) in [6.45, 7) is 5.89. The lowest BCUT2D eigenvalue weighted by Crippen LogP contribution is -2.43. The van der Waals surface area contributed by atoms with E-state index in [1.807, 2.05) is 0 Å². The van der Waals surface area contributed by atoms with Crippen LogP contribution >= 0.6 is 11.6 Å². The van der Waals surface area contributed by atoms with Gasteiger partial charge in [0.2, 0.25) is 0 Å². The van der Waals surface area contributed by atoms with E-state index in [0.29, 0.717) is 23.6 Å². The minimum Gasteiger partial charge on any atom is -0.508 e. The van der Waals surface area contributed by atoms with Crippen LogP contribution in [0.4, 0.5) is 4.79 Å². The van der Waals surface area contributed by atoms with Crippen LogP contribution in [-0.2, 0) is 16.0 Å². The first-order valence-corrected chi connectivity index (χ1v) is 8.05. The highest BCUT2D eigenvalue weighted by Crippen LogP contribution is 2.26. The van der Waals surface area contributed by atoms with Crippen LogP contribution in [0.25, 0.3) is 0 Å². The van der Waals surface area contributed by atoms with Gasteiger partial charge in [-0.25, -0.2) is 4.79 Å². The maximum atomic E-state index is 12.6. The van der Waals surface area contributed by atoms with Crippen molar-refractivity contribution in [3.05, 3.63) is 28.8 Å². The molecule has 0 aromatic heterocycles. The summed E-state index contributed by atoms with van der Waals surface area (Å²) in [5, 5.41) is 10.3. The number of hydrogen-bond acceptors (Lipinski definition) is 4. The molecule has 0 radical (unpaired) electrons. The fourth-order valence-corrected chi connectivity index (χ4v) is 2.84. The van der Waals surface area contributed by atoms with Gasteiger partial charge in [0.1, 0.15) is 11.4 Å². The molecule has 126 valence electrons. The standard InChI is InChI=1S/C17H22ClNO4/c1-17(2,3)23-16(22)19-8-4-5-13(19)15(21)10-11-9-12(18)6-7-14(11)20/h6-7,9,13,20H,4-5,8,10H2,1-3H3/t13-/m0/s1. The van der Waals surface area contributed by atoms with E-state index in [1.165, 1.54) is 11.0 Å². The third kappa shape index (κ3) is 4.61. The van der Waals surface area contributed by atoms with E-state index >= 15 is 0 Å². The number of benzene rings is 1. The quantitative estimate of drug-likeness (QED) is 0.914. The van der Waals surface area contributed by atoms with Crippen LogP contribution in [0.2, 0.25) is 5.02 Å². The van der Waals surface area contributed by atoms with Gasteiger partial charge in [0.15, 0.2) is 5.78 Å². The number of halogens is 1. The van der Waals surface area contributed by atoms with E-state index in [1.54, 1.807) is 32.9 Å². The third-order valence-corrected chi connectivity index (χ3v) is 3.89. The molecule has 1 saturated heterocycles. The number of Topliss-reactive ketones (excluding diaryl/α,β-unsaturated/α-hetero) is 1. The molecule has 0 unspecified atom stereocenters. The Balaban J connectivity index is 2.08. The molecule has 0 spiro atoms. The third-order valence-electron chi connectivity index (χ3n) is 3.66. The van der Waals surface area contributed by atoms with Crippen LogP contribution in [0, 0.1) is 0 Å². The molecule has 2 rings (SSSR count). The van der Waals surface area contributed by atoms with Crippen LogP contribution in [0.5, 0.6) is 5.75 Å². The number of likely N-dealkylation sites (tertiary alicyclic amines) is 1. The molecule has 1 heterocycles. The van der Waals surface area contributed by atoms with Crippen molar-refractivity contribution >= 4 is 23.5 Å². The maximum absolute atomic E-state index is 12.6. The molecule has 5 nitrogen and oxygen atoms in total. The number of aromatic hydroxyl groups is 1. The maximum Gasteiger partial charge on any atom is 0.410 e. The summed E-state index contributed by atoms with van der Waals surface area (Å²) in [6.07, 6.45) is 0.941. The molecule has 6 heteroatoms. The van der Waals surface area contributed by atoms with Gasteiger partial charge in [-0.1, -0.05) is 11.6 Å². The fraction of sp³-hybridized carbons (Fsp3) is 0.529. The normalized spacial score (nSPS) is 18.1. The Morgan fingerprint density at radius 2 is 2.09 bits per heavy atom. The Hall–Kier alpha value is -1.75. The molecule has 1 aromatic carbocycles. The Morgan fingerprint density at radius 1 is 1.39 bits per heavy atom. The number of hydrogen-bond donors (Lipinski definition) is 1. The van der Waals surface area contributed by atoms with Crippen LogP contribution in [-0.4, -0.2) is 40.1 Å². The summed E-state index contributed by atoms with van der Waals surface area (Å²) in [5.41, 5.74) is -0.128. The summed E-state index contributed by atoms with van der Waals surface area (Å²) in [7, 11) is 0. The molecule has 1 atom stereocenters. The monoisotopic (exact) mass is 339 g/mol. The minimum absolute atomic E-state index is 0.0320. The molecule has 1 amide bonds. The zero-order valence-corrected chi connectivity index (χ0v) is 14.4. The van der Waals surface area contributed by atoms with Crippen LogP contribution in [0.3, 0.4) is 0 Å². The van der Waals surface area contributed by atoms with Crippen molar-refractivity contribution in [1.82, 2.24) is 4.90 Å². The highest BCUT2D eigenvalue weighted by atomic mass is 35.5. The van der Waals surface area contributed by atoms with E-state index in [4.69, 9.17) is 16.3 Å². The van der Waals surface area contributed by atoms with E-state index < -0.39 is 17.7 Å². The van der Waals surface area contributed by atoms with Gasteiger partial charge in [0.05, 0.1) is 6.04 Å². The second kappa shape index (κ2) is 6.79. The van der Waals surface area contributed by atoms with Crippen molar-refractivity contribution in [3.63, 3.8) is 0 Å². The van der Waals surface area contributed by atoms with Crippen molar-refractivity contribution in [2.45, 2.75) is 51.7 Å². The van der Waals surface area contributed by atoms with Crippen molar-refractivity contribution < 1.29 is 19.4 Å². The first-order valence-electron chi connectivity index (χ1n) is 7.67. The molecule has 0 aliphatic carbocycles. The zero-order valence-electron chi connectivity index (χ0n) is 13.6. The molecule has 1 N–H and O–H groups in total. The molecule has 23 heavy (non-hydrogen) atoms. The molecular weight excluding hydrogens is 318 g/mol. The van der Waals surface area contributed by atoms with Crippen molar-refractivity contribution in [2.24, 2.45) is 0 Å². The number of ether oxygens (including phenoxy) is 1. The van der Waals surface area contributed by atoms with E-state index in [9.17, 15) is 14.7 Å². The number of amides is 1. The van der Waals surface area contributed by atoms with Crippen LogP contribution in [0.15, 0.2) is 18.2 Å². The Kier molecular flexibility index (Phi) is 5.19. The van der Waals surface area contributed by atoms with Crippen LogP contribution < -0.4 is 0 Å². The van der Waals surface area contributed by atoms with Crippen LogP contribution in [0.1, 0.15) is 39.2 Å². The average Bonchev–Trinajstić information content (AvgIpc) is 2.90. The van der Waals surface area contributed by atoms with Gasteiger partial charge in [0, 0.05) is 23.6 Å². The van der Waals surface area contributed by atoms with Crippen molar-refractivity contribution in [1.29, 1.82) is 0 Å². The van der Waals surface area contributed by atoms with Gasteiger partial charge in [-0.05, 0) is 51.8 Å². The SMILES string of the molecule is CC(C)(C)OC(=O)N1CCC[C@H]1C(=O)Cc1cc(Cl)ccc1O. The zero-order chi connectivity index (χ0) is 17.2. The number of carbonyl (C=O) groups excluding carboxylic acids is 2. The van der Waals surface area contributed by atoms with E-state index in [-0.39, 0.29) is 18.0 Å². The second-order valence-corrected chi connectivity index (χ2v) is 7.18. The van der Waals surface area contributed by atoms with E-state index in [0.717, 1.165) is 6.42 Å².